The second-order valence-electron chi connectivity index (χ2n) is 7.28. The number of hydrogen-bond donors (Lipinski definition) is 2. The number of hydrogen-bond acceptors (Lipinski definition) is 4. The van der Waals surface area contributed by atoms with Crippen LogP contribution >= 0.6 is 0 Å². The number of pyridine rings is 1. The predicted octanol–water partition coefficient (Wildman–Crippen LogP) is 2.09. The summed E-state index contributed by atoms with van der Waals surface area (Å²) in [5.41, 5.74) is 3.21. The fraction of sp³-hybridized carbons (Fsp3) is 0.409. The van der Waals surface area contributed by atoms with E-state index in [2.05, 4.69) is 27.3 Å². The Balaban J connectivity index is 1.95. The minimum Gasteiger partial charge on any atom is -0.355 e. The lowest BCUT2D eigenvalue weighted by Gasteiger charge is -2.25. The Kier molecular flexibility index (Phi) is 7.53. The third-order valence-electron chi connectivity index (χ3n) is 5.10. The highest BCUT2D eigenvalue weighted by Crippen LogP contribution is 2.15. The topological polar surface area (TPSA) is 89.0 Å². The number of aryl methyl sites for hydroxylation is 1. The Bertz CT molecular complexity index is 911. The lowest BCUT2D eigenvalue weighted by atomic mass is 9.99. The summed E-state index contributed by atoms with van der Waals surface area (Å²) in [4.78, 5) is 29.0. The van der Waals surface area contributed by atoms with Crippen LogP contribution in [0, 0.1) is 25.2 Å². The zero-order chi connectivity index (χ0) is 20.7. The number of benzene rings is 1. The number of aromatic amines is 1. The van der Waals surface area contributed by atoms with Crippen molar-refractivity contribution in [1.29, 1.82) is 5.26 Å². The summed E-state index contributed by atoms with van der Waals surface area (Å²) in [6.07, 6.45) is 1.65. The van der Waals surface area contributed by atoms with E-state index >= 15 is 0 Å². The molecule has 0 radical (unpaired) electrons. The number of rotatable bonds is 8. The number of nitrogens with zero attached hydrogens (tertiary/aromatic N) is 2. The monoisotopic (exact) mass is 380 g/mol. The fourth-order valence-electron chi connectivity index (χ4n) is 3.30. The van der Waals surface area contributed by atoms with Crippen LogP contribution in [0.4, 0.5) is 0 Å². The molecule has 0 aliphatic heterocycles. The molecule has 0 saturated carbocycles. The summed E-state index contributed by atoms with van der Waals surface area (Å²) < 4.78 is 0. The normalized spacial score (nSPS) is 11.9. The Morgan fingerprint density at radius 3 is 2.54 bits per heavy atom. The molecule has 1 aromatic heterocycles. The summed E-state index contributed by atoms with van der Waals surface area (Å²) in [6.45, 7) is 4.12. The van der Waals surface area contributed by atoms with E-state index in [0.29, 0.717) is 30.6 Å². The highest BCUT2D eigenvalue weighted by atomic mass is 16.1. The summed E-state index contributed by atoms with van der Waals surface area (Å²) in [5.74, 6) is -0.0385. The second-order valence-corrected chi connectivity index (χ2v) is 7.28. The van der Waals surface area contributed by atoms with E-state index in [-0.39, 0.29) is 23.1 Å². The van der Waals surface area contributed by atoms with Gasteiger partial charge in [-0.05, 0) is 57.5 Å². The van der Waals surface area contributed by atoms with Crippen molar-refractivity contribution in [3.63, 3.8) is 0 Å². The van der Waals surface area contributed by atoms with Gasteiger partial charge in [0.05, 0.1) is 0 Å². The molecule has 6 heteroatoms. The molecule has 1 unspecified atom stereocenters. The van der Waals surface area contributed by atoms with Gasteiger partial charge in [0.2, 0.25) is 5.91 Å². The van der Waals surface area contributed by atoms with Crippen LogP contribution in [0.25, 0.3) is 0 Å². The first kappa shape index (κ1) is 21.4. The highest BCUT2D eigenvalue weighted by Gasteiger charge is 2.16. The summed E-state index contributed by atoms with van der Waals surface area (Å²) in [6, 6.07) is 12.4. The van der Waals surface area contributed by atoms with Gasteiger partial charge < -0.3 is 15.2 Å². The smallest absolute Gasteiger partial charge is 0.266 e. The molecule has 0 spiro atoms. The number of amides is 1. The van der Waals surface area contributed by atoms with Gasteiger partial charge in [-0.2, -0.15) is 5.26 Å². The molecular formula is C22H28N4O2. The van der Waals surface area contributed by atoms with Gasteiger partial charge in [0, 0.05) is 24.7 Å². The number of carbonyl (C=O) groups excluding carboxylic acids is 1. The largest absolute Gasteiger partial charge is 0.355 e. The number of aromatic nitrogens is 1. The maximum atomic E-state index is 12.4. The van der Waals surface area contributed by atoms with Crippen molar-refractivity contribution in [2.75, 3.05) is 20.6 Å². The molecule has 2 aromatic rings. The first-order valence-corrected chi connectivity index (χ1v) is 9.43. The molecule has 1 aromatic carbocycles. The maximum Gasteiger partial charge on any atom is 0.266 e. The van der Waals surface area contributed by atoms with Gasteiger partial charge in [-0.15, -0.1) is 0 Å². The van der Waals surface area contributed by atoms with Gasteiger partial charge in [0.15, 0.2) is 0 Å². The summed E-state index contributed by atoms with van der Waals surface area (Å²) >= 11 is 0. The standard InChI is InChI=1S/C22H28N4O2/c1-15-19(16(2)25-22(28)20(15)13-23)10-11-21(27)24-14-18(26(3)4)12-17-8-6-5-7-9-17/h5-9,18H,10-12,14H2,1-4H3,(H,24,27)(H,25,28). The first-order valence-electron chi connectivity index (χ1n) is 9.43. The highest BCUT2D eigenvalue weighted by molar-refractivity contribution is 5.76. The lowest BCUT2D eigenvalue weighted by molar-refractivity contribution is -0.121. The second kappa shape index (κ2) is 9.86. The Morgan fingerprint density at radius 2 is 1.93 bits per heavy atom. The molecule has 1 heterocycles. The van der Waals surface area contributed by atoms with Gasteiger partial charge in [-0.1, -0.05) is 30.3 Å². The number of likely N-dealkylation sites (N-methyl/N-ethyl adjacent to an activating group) is 1. The van der Waals surface area contributed by atoms with E-state index < -0.39 is 0 Å². The molecule has 1 atom stereocenters. The molecular weight excluding hydrogens is 352 g/mol. The maximum absolute atomic E-state index is 12.4. The Hall–Kier alpha value is -2.91. The first-order chi connectivity index (χ1) is 13.3. The quantitative estimate of drug-likeness (QED) is 0.734. The van der Waals surface area contributed by atoms with Crippen molar-refractivity contribution >= 4 is 5.91 Å². The number of nitrogens with one attached hydrogen (secondary N) is 2. The van der Waals surface area contributed by atoms with Crippen LogP contribution in [0.2, 0.25) is 0 Å². The van der Waals surface area contributed by atoms with E-state index in [1.165, 1.54) is 5.56 Å². The zero-order valence-corrected chi connectivity index (χ0v) is 17.0. The SMILES string of the molecule is Cc1[nH]c(=O)c(C#N)c(C)c1CCC(=O)NCC(Cc1ccccc1)N(C)C. The Morgan fingerprint density at radius 1 is 1.25 bits per heavy atom. The molecule has 0 bridgehead atoms. The lowest BCUT2D eigenvalue weighted by Crippen LogP contribution is -2.41. The number of nitriles is 1. The number of H-pyrrole nitrogens is 1. The van der Waals surface area contributed by atoms with Crippen LogP contribution in [0.1, 0.15) is 34.4 Å². The van der Waals surface area contributed by atoms with Crippen LogP contribution in [0.5, 0.6) is 0 Å². The third kappa shape index (κ3) is 5.54. The minimum atomic E-state index is -0.375. The van der Waals surface area contributed by atoms with Gasteiger partial charge >= 0.3 is 0 Å². The van der Waals surface area contributed by atoms with E-state index in [1.54, 1.807) is 13.8 Å². The third-order valence-corrected chi connectivity index (χ3v) is 5.10. The van der Waals surface area contributed by atoms with Crippen molar-refractivity contribution < 1.29 is 4.79 Å². The van der Waals surface area contributed by atoms with Crippen molar-refractivity contribution in [2.24, 2.45) is 0 Å². The van der Waals surface area contributed by atoms with E-state index in [4.69, 9.17) is 5.26 Å². The molecule has 0 aliphatic rings. The summed E-state index contributed by atoms with van der Waals surface area (Å²) in [7, 11) is 4.02. The van der Waals surface area contributed by atoms with Crippen molar-refractivity contribution in [2.45, 2.75) is 39.2 Å². The predicted molar refractivity (Wildman–Crippen MR) is 110 cm³/mol. The average Bonchev–Trinajstić information content (AvgIpc) is 2.65. The van der Waals surface area contributed by atoms with Crippen LogP contribution in [0.3, 0.4) is 0 Å². The Labute approximate surface area is 166 Å². The van der Waals surface area contributed by atoms with Gasteiger partial charge in [0.1, 0.15) is 11.6 Å². The van der Waals surface area contributed by atoms with E-state index in [9.17, 15) is 9.59 Å². The molecule has 0 aliphatic carbocycles. The van der Waals surface area contributed by atoms with Crippen molar-refractivity contribution in [3.05, 3.63) is 68.6 Å². The zero-order valence-electron chi connectivity index (χ0n) is 17.0. The van der Waals surface area contributed by atoms with Crippen LogP contribution in [0.15, 0.2) is 35.1 Å². The van der Waals surface area contributed by atoms with Gasteiger partial charge in [0.25, 0.3) is 5.56 Å². The molecule has 28 heavy (non-hydrogen) atoms. The fourth-order valence-corrected chi connectivity index (χ4v) is 3.30. The summed E-state index contributed by atoms with van der Waals surface area (Å²) in [5, 5.41) is 12.2. The molecule has 0 fully saturated rings. The van der Waals surface area contributed by atoms with Crippen LogP contribution < -0.4 is 10.9 Å². The van der Waals surface area contributed by atoms with Gasteiger partial charge in [-0.3, -0.25) is 9.59 Å². The number of carbonyl (C=O) groups is 1. The van der Waals surface area contributed by atoms with E-state index in [1.807, 2.05) is 38.4 Å². The van der Waals surface area contributed by atoms with Gasteiger partial charge in [-0.25, -0.2) is 0 Å². The van der Waals surface area contributed by atoms with Crippen LogP contribution in [-0.2, 0) is 17.6 Å². The molecule has 0 saturated heterocycles. The van der Waals surface area contributed by atoms with E-state index in [0.717, 1.165) is 12.0 Å². The van der Waals surface area contributed by atoms with Crippen molar-refractivity contribution in [1.82, 2.24) is 15.2 Å². The molecule has 1 amide bonds. The minimum absolute atomic E-state index is 0.0385. The molecule has 2 N–H and O–H groups in total. The molecule has 6 nitrogen and oxygen atoms in total. The molecule has 2 rings (SSSR count). The van der Waals surface area contributed by atoms with Crippen LogP contribution in [-0.4, -0.2) is 42.5 Å². The van der Waals surface area contributed by atoms with Crippen molar-refractivity contribution in [3.8, 4) is 6.07 Å². The molecule has 148 valence electrons. The average molecular weight is 380 g/mol.